The molecule has 0 aromatic heterocycles. The van der Waals surface area contributed by atoms with Gasteiger partial charge in [-0.1, -0.05) is 12.1 Å². The van der Waals surface area contributed by atoms with Crippen molar-refractivity contribution in [3.05, 3.63) is 34.4 Å². The standard InChI is InChI=1S/C13H20O/c1-9-6-7-12(8-13(4,5)14)11(3)10(9)2/h6-7,14H,8H2,1-5H3. The summed E-state index contributed by atoms with van der Waals surface area (Å²) in [6, 6.07) is 4.25. The molecule has 0 unspecified atom stereocenters. The van der Waals surface area contributed by atoms with E-state index in [9.17, 15) is 5.11 Å². The zero-order chi connectivity index (χ0) is 10.9. The van der Waals surface area contributed by atoms with Gasteiger partial charge in [-0.05, 0) is 56.9 Å². The molecule has 0 aliphatic carbocycles. The number of aliphatic hydroxyl groups is 1. The summed E-state index contributed by atoms with van der Waals surface area (Å²) in [5.74, 6) is 0. The highest BCUT2D eigenvalue weighted by molar-refractivity contribution is 5.39. The quantitative estimate of drug-likeness (QED) is 0.764. The lowest BCUT2D eigenvalue weighted by Gasteiger charge is -2.20. The van der Waals surface area contributed by atoms with E-state index in [-0.39, 0.29) is 0 Å². The van der Waals surface area contributed by atoms with E-state index < -0.39 is 5.60 Å². The third kappa shape index (κ3) is 2.58. The summed E-state index contributed by atoms with van der Waals surface area (Å²) in [5.41, 5.74) is 4.60. The van der Waals surface area contributed by atoms with Crippen molar-refractivity contribution >= 4 is 0 Å². The zero-order valence-electron chi connectivity index (χ0n) is 9.81. The largest absolute Gasteiger partial charge is 0.390 e. The minimum Gasteiger partial charge on any atom is -0.390 e. The van der Waals surface area contributed by atoms with Gasteiger partial charge in [0, 0.05) is 6.42 Å². The number of rotatable bonds is 2. The highest BCUT2D eigenvalue weighted by Crippen LogP contribution is 2.21. The van der Waals surface area contributed by atoms with E-state index in [2.05, 4.69) is 32.9 Å². The van der Waals surface area contributed by atoms with Crippen LogP contribution in [-0.4, -0.2) is 10.7 Å². The fourth-order valence-electron chi connectivity index (χ4n) is 1.67. The lowest BCUT2D eigenvalue weighted by molar-refractivity contribution is 0.0808. The van der Waals surface area contributed by atoms with Crippen molar-refractivity contribution < 1.29 is 5.11 Å². The lowest BCUT2D eigenvalue weighted by Crippen LogP contribution is -2.22. The van der Waals surface area contributed by atoms with E-state index in [4.69, 9.17) is 0 Å². The topological polar surface area (TPSA) is 20.2 Å². The first-order valence-electron chi connectivity index (χ1n) is 5.09. The van der Waals surface area contributed by atoms with Crippen molar-refractivity contribution in [2.75, 3.05) is 0 Å². The van der Waals surface area contributed by atoms with Crippen molar-refractivity contribution in [3.8, 4) is 0 Å². The van der Waals surface area contributed by atoms with E-state index in [0.29, 0.717) is 0 Å². The summed E-state index contributed by atoms with van der Waals surface area (Å²) in [7, 11) is 0. The molecular formula is C13H20O. The van der Waals surface area contributed by atoms with Gasteiger partial charge in [0.15, 0.2) is 0 Å². The molecule has 0 saturated heterocycles. The minimum atomic E-state index is -0.619. The molecule has 1 aromatic rings. The van der Waals surface area contributed by atoms with Gasteiger partial charge in [0.05, 0.1) is 5.60 Å². The van der Waals surface area contributed by atoms with Crippen LogP contribution in [-0.2, 0) is 6.42 Å². The molecule has 1 N–H and O–H groups in total. The molecule has 0 amide bonds. The molecule has 0 heterocycles. The highest BCUT2D eigenvalue weighted by atomic mass is 16.3. The van der Waals surface area contributed by atoms with E-state index in [1.54, 1.807) is 0 Å². The Hall–Kier alpha value is -0.820. The van der Waals surface area contributed by atoms with Crippen molar-refractivity contribution in [1.82, 2.24) is 0 Å². The molecule has 0 spiro atoms. The van der Waals surface area contributed by atoms with E-state index >= 15 is 0 Å². The molecule has 1 heteroatoms. The fourth-order valence-corrected chi connectivity index (χ4v) is 1.67. The normalized spacial score (nSPS) is 11.9. The van der Waals surface area contributed by atoms with Crippen LogP contribution in [0.1, 0.15) is 36.1 Å². The van der Waals surface area contributed by atoms with Gasteiger partial charge in [-0.2, -0.15) is 0 Å². The Kier molecular flexibility index (Phi) is 3.01. The highest BCUT2D eigenvalue weighted by Gasteiger charge is 2.15. The van der Waals surface area contributed by atoms with Crippen molar-refractivity contribution in [1.29, 1.82) is 0 Å². The SMILES string of the molecule is Cc1ccc(CC(C)(C)O)c(C)c1C. The summed E-state index contributed by atoms with van der Waals surface area (Å²) >= 11 is 0. The number of hydrogen-bond donors (Lipinski definition) is 1. The number of aryl methyl sites for hydroxylation is 1. The number of hydrogen-bond acceptors (Lipinski definition) is 1. The maximum absolute atomic E-state index is 9.76. The van der Waals surface area contributed by atoms with Crippen molar-refractivity contribution in [3.63, 3.8) is 0 Å². The first-order valence-corrected chi connectivity index (χ1v) is 5.09. The smallest absolute Gasteiger partial charge is 0.0632 e. The maximum atomic E-state index is 9.76. The lowest BCUT2D eigenvalue weighted by atomic mass is 9.91. The molecule has 0 aliphatic heterocycles. The number of benzene rings is 1. The summed E-state index contributed by atoms with van der Waals surface area (Å²) in [6.07, 6.45) is 0.722. The van der Waals surface area contributed by atoms with E-state index in [1.165, 1.54) is 22.3 Å². The van der Waals surface area contributed by atoms with Gasteiger partial charge in [-0.25, -0.2) is 0 Å². The Bertz CT molecular complexity index is 332. The molecule has 0 aliphatic rings. The van der Waals surface area contributed by atoms with Crippen LogP contribution in [0.4, 0.5) is 0 Å². The van der Waals surface area contributed by atoms with Crippen LogP contribution < -0.4 is 0 Å². The molecule has 1 nitrogen and oxygen atoms in total. The molecule has 0 radical (unpaired) electrons. The van der Waals surface area contributed by atoms with E-state index in [0.717, 1.165) is 6.42 Å². The van der Waals surface area contributed by atoms with Crippen molar-refractivity contribution in [2.45, 2.75) is 46.6 Å². The predicted octanol–water partition coefficient (Wildman–Crippen LogP) is 2.93. The second kappa shape index (κ2) is 3.74. The Morgan fingerprint density at radius 1 is 1.07 bits per heavy atom. The molecule has 0 atom stereocenters. The molecule has 0 bridgehead atoms. The second-order valence-electron chi connectivity index (χ2n) is 4.78. The van der Waals surface area contributed by atoms with Gasteiger partial charge in [-0.3, -0.25) is 0 Å². The van der Waals surface area contributed by atoms with Crippen molar-refractivity contribution in [2.24, 2.45) is 0 Å². The van der Waals surface area contributed by atoms with Gasteiger partial charge in [-0.15, -0.1) is 0 Å². The minimum absolute atomic E-state index is 0.619. The third-order valence-electron chi connectivity index (χ3n) is 2.79. The Labute approximate surface area is 86.8 Å². The molecule has 1 rings (SSSR count). The summed E-state index contributed by atoms with van der Waals surface area (Å²) in [6.45, 7) is 10.1. The maximum Gasteiger partial charge on any atom is 0.0632 e. The zero-order valence-corrected chi connectivity index (χ0v) is 9.81. The molecule has 14 heavy (non-hydrogen) atoms. The van der Waals surface area contributed by atoms with Crippen LogP contribution in [0.15, 0.2) is 12.1 Å². The van der Waals surface area contributed by atoms with Crippen LogP contribution in [0.3, 0.4) is 0 Å². The molecule has 0 saturated carbocycles. The monoisotopic (exact) mass is 192 g/mol. The molecular weight excluding hydrogens is 172 g/mol. The van der Waals surface area contributed by atoms with Crippen LogP contribution in [0.25, 0.3) is 0 Å². The molecule has 0 fully saturated rings. The summed E-state index contributed by atoms with van der Waals surface area (Å²) in [5, 5.41) is 9.76. The van der Waals surface area contributed by atoms with Gasteiger partial charge >= 0.3 is 0 Å². The Morgan fingerprint density at radius 2 is 1.64 bits per heavy atom. The van der Waals surface area contributed by atoms with Gasteiger partial charge in [0.25, 0.3) is 0 Å². The van der Waals surface area contributed by atoms with Crippen LogP contribution in [0, 0.1) is 20.8 Å². The molecule has 1 aromatic carbocycles. The van der Waals surface area contributed by atoms with Gasteiger partial charge < -0.3 is 5.11 Å². The van der Waals surface area contributed by atoms with Gasteiger partial charge in [0.2, 0.25) is 0 Å². The second-order valence-corrected chi connectivity index (χ2v) is 4.78. The summed E-state index contributed by atoms with van der Waals surface area (Å²) < 4.78 is 0. The third-order valence-corrected chi connectivity index (χ3v) is 2.79. The summed E-state index contributed by atoms with van der Waals surface area (Å²) in [4.78, 5) is 0. The van der Waals surface area contributed by atoms with Crippen LogP contribution in [0.5, 0.6) is 0 Å². The Balaban J connectivity index is 3.06. The Morgan fingerprint density at radius 3 is 2.14 bits per heavy atom. The predicted molar refractivity (Wildman–Crippen MR) is 60.7 cm³/mol. The van der Waals surface area contributed by atoms with Crippen LogP contribution in [0.2, 0.25) is 0 Å². The van der Waals surface area contributed by atoms with Gasteiger partial charge in [0.1, 0.15) is 0 Å². The van der Waals surface area contributed by atoms with Crippen LogP contribution >= 0.6 is 0 Å². The average Bonchev–Trinajstić information content (AvgIpc) is 2.04. The average molecular weight is 192 g/mol. The first-order chi connectivity index (χ1) is 6.31. The molecule has 78 valence electrons. The van der Waals surface area contributed by atoms with E-state index in [1.807, 2.05) is 13.8 Å². The first kappa shape index (κ1) is 11.3. The fraction of sp³-hybridized carbons (Fsp3) is 0.538.